The van der Waals surface area contributed by atoms with Crippen LogP contribution < -0.4 is 11.1 Å². The third-order valence-electron chi connectivity index (χ3n) is 2.62. The van der Waals surface area contributed by atoms with Crippen molar-refractivity contribution in [3.63, 3.8) is 0 Å². The predicted molar refractivity (Wildman–Crippen MR) is 81.7 cm³/mol. The third kappa shape index (κ3) is 4.19. The summed E-state index contributed by atoms with van der Waals surface area (Å²) in [5, 5.41) is 2.63. The van der Waals surface area contributed by atoms with Gasteiger partial charge in [0.15, 0.2) is 0 Å². The number of anilines is 1. The summed E-state index contributed by atoms with van der Waals surface area (Å²) in [5.41, 5.74) is 6.08. The molecule has 0 unspecified atom stereocenters. The van der Waals surface area contributed by atoms with Crippen molar-refractivity contribution >= 4 is 37.5 Å². The Morgan fingerprint density at radius 3 is 2.65 bits per heavy atom. The Hall–Kier alpha value is -1.12. The maximum absolute atomic E-state index is 12.3. The molecule has 1 amide bonds. The number of carbonyl (C=O) groups is 1. The van der Waals surface area contributed by atoms with Gasteiger partial charge in [-0.25, -0.2) is 8.42 Å². The Morgan fingerprint density at radius 1 is 1.45 bits per heavy atom. The maximum atomic E-state index is 12.3. The number of carbonyl (C=O) groups excluding carboxylic acids is 1. The van der Waals surface area contributed by atoms with E-state index in [1.165, 1.54) is 25.2 Å². The highest BCUT2D eigenvalue weighted by molar-refractivity contribution is 9.10. The molecule has 0 aromatic heterocycles. The molecule has 0 saturated carbocycles. The highest BCUT2D eigenvalue weighted by Crippen LogP contribution is 2.24. The maximum Gasteiger partial charge on any atom is 0.243 e. The number of nitrogens with zero attached hydrogens (tertiary/aromatic N) is 1. The van der Waals surface area contributed by atoms with E-state index in [2.05, 4.69) is 21.2 Å². The van der Waals surface area contributed by atoms with Gasteiger partial charge in [-0.2, -0.15) is 4.31 Å². The van der Waals surface area contributed by atoms with Crippen LogP contribution in [0.25, 0.3) is 0 Å². The Morgan fingerprint density at radius 2 is 2.10 bits per heavy atom. The van der Waals surface area contributed by atoms with E-state index in [9.17, 15) is 13.2 Å². The van der Waals surface area contributed by atoms with E-state index in [4.69, 9.17) is 5.73 Å². The van der Waals surface area contributed by atoms with Gasteiger partial charge in [-0.15, -0.1) is 0 Å². The molecule has 1 aromatic rings. The molecule has 0 heterocycles. The number of nitrogens with two attached hydrogens (primary N) is 1. The zero-order valence-corrected chi connectivity index (χ0v) is 13.8. The zero-order valence-electron chi connectivity index (χ0n) is 11.4. The number of nitrogen functional groups attached to an aromatic ring is 1. The summed E-state index contributed by atoms with van der Waals surface area (Å²) in [7, 11) is -2.35. The quantitative estimate of drug-likeness (QED) is 0.742. The second-order valence-corrected chi connectivity index (χ2v) is 7.19. The van der Waals surface area contributed by atoms with Gasteiger partial charge in [0.1, 0.15) is 0 Å². The topological polar surface area (TPSA) is 92.5 Å². The molecule has 0 atom stereocenters. The van der Waals surface area contributed by atoms with Crippen LogP contribution in [0.2, 0.25) is 0 Å². The van der Waals surface area contributed by atoms with E-state index < -0.39 is 10.0 Å². The fraction of sp³-hybridized carbons (Fsp3) is 0.417. The highest BCUT2D eigenvalue weighted by Gasteiger charge is 2.23. The Labute approximate surface area is 127 Å². The Bertz CT molecular complexity index is 590. The molecule has 0 aliphatic carbocycles. The molecular weight excluding hydrogens is 346 g/mol. The number of benzene rings is 1. The first-order chi connectivity index (χ1) is 9.28. The van der Waals surface area contributed by atoms with Crippen molar-refractivity contribution in [3.05, 3.63) is 22.7 Å². The summed E-state index contributed by atoms with van der Waals surface area (Å²) in [5.74, 6) is -0.326. The standard InChI is InChI=1S/C12H18BrN3O3S/c1-3-6-15-12(17)8-16(2)20(18,19)9-4-5-11(14)10(13)7-9/h4-5,7H,3,6,8,14H2,1-2H3,(H,15,17). The average molecular weight is 364 g/mol. The van der Waals surface area contributed by atoms with Crippen LogP contribution in [-0.4, -0.2) is 38.8 Å². The molecule has 0 bridgehead atoms. The first kappa shape index (κ1) is 16.9. The van der Waals surface area contributed by atoms with Crippen molar-refractivity contribution < 1.29 is 13.2 Å². The largest absolute Gasteiger partial charge is 0.398 e. The molecule has 112 valence electrons. The van der Waals surface area contributed by atoms with Crippen molar-refractivity contribution in [1.82, 2.24) is 9.62 Å². The number of amides is 1. The van der Waals surface area contributed by atoms with Crippen LogP contribution in [0.3, 0.4) is 0 Å². The lowest BCUT2D eigenvalue weighted by molar-refractivity contribution is -0.121. The van der Waals surface area contributed by atoms with E-state index in [0.29, 0.717) is 16.7 Å². The van der Waals surface area contributed by atoms with Crippen LogP contribution >= 0.6 is 15.9 Å². The first-order valence-electron chi connectivity index (χ1n) is 6.07. The first-order valence-corrected chi connectivity index (χ1v) is 8.30. The van der Waals surface area contributed by atoms with Crippen LogP contribution in [0.5, 0.6) is 0 Å². The fourth-order valence-corrected chi connectivity index (χ4v) is 3.14. The molecular formula is C12H18BrN3O3S. The molecule has 0 spiro atoms. The predicted octanol–water partition coefficient (Wildman–Crippen LogP) is 1.18. The lowest BCUT2D eigenvalue weighted by atomic mass is 10.3. The van der Waals surface area contributed by atoms with E-state index in [-0.39, 0.29) is 17.3 Å². The number of rotatable bonds is 6. The van der Waals surface area contributed by atoms with Crippen LogP contribution in [0.1, 0.15) is 13.3 Å². The van der Waals surface area contributed by atoms with Gasteiger partial charge in [-0.1, -0.05) is 6.92 Å². The second-order valence-electron chi connectivity index (χ2n) is 4.29. The lowest BCUT2D eigenvalue weighted by Crippen LogP contribution is -2.38. The monoisotopic (exact) mass is 363 g/mol. The molecule has 1 rings (SSSR count). The molecule has 3 N–H and O–H groups in total. The van der Waals surface area contributed by atoms with Gasteiger partial charge in [0, 0.05) is 23.8 Å². The van der Waals surface area contributed by atoms with Gasteiger partial charge in [0.05, 0.1) is 11.4 Å². The molecule has 0 fully saturated rings. The third-order valence-corrected chi connectivity index (χ3v) is 5.10. The SMILES string of the molecule is CCCNC(=O)CN(C)S(=O)(=O)c1ccc(N)c(Br)c1. The lowest BCUT2D eigenvalue weighted by Gasteiger charge is -2.17. The number of hydrogen-bond donors (Lipinski definition) is 2. The van der Waals surface area contributed by atoms with Gasteiger partial charge in [-0.3, -0.25) is 4.79 Å². The van der Waals surface area contributed by atoms with Crippen molar-refractivity contribution in [3.8, 4) is 0 Å². The molecule has 0 saturated heterocycles. The van der Waals surface area contributed by atoms with Crippen LogP contribution in [0.4, 0.5) is 5.69 Å². The summed E-state index contributed by atoms with van der Waals surface area (Å²) in [6.07, 6.45) is 0.799. The summed E-state index contributed by atoms with van der Waals surface area (Å²) in [6, 6.07) is 4.34. The molecule has 1 aromatic carbocycles. The minimum absolute atomic E-state index is 0.0874. The van der Waals surface area contributed by atoms with E-state index in [0.717, 1.165) is 10.7 Å². The van der Waals surface area contributed by atoms with Crippen LogP contribution in [-0.2, 0) is 14.8 Å². The molecule has 0 aliphatic heterocycles. The Balaban J connectivity index is 2.87. The number of nitrogens with one attached hydrogen (secondary N) is 1. The number of hydrogen-bond acceptors (Lipinski definition) is 4. The highest BCUT2D eigenvalue weighted by atomic mass is 79.9. The second kappa shape index (κ2) is 7.05. The van der Waals surface area contributed by atoms with Crippen molar-refractivity contribution in [2.24, 2.45) is 0 Å². The van der Waals surface area contributed by atoms with Gasteiger partial charge < -0.3 is 11.1 Å². The van der Waals surface area contributed by atoms with E-state index in [1.807, 2.05) is 6.92 Å². The van der Waals surface area contributed by atoms with Crippen molar-refractivity contribution in [2.75, 3.05) is 25.9 Å². The van der Waals surface area contributed by atoms with Gasteiger partial charge in [0.2, 0.25) is 15.9 Å². The zero-order chi connectivity index (χ0) is 15.3. The van der Waals surface area contributed by atoms with Crippen LogP contribution in [0, 0.1) is 0 Å². The van der Waals surface area contributed by atoms with Crippen molar-refractivity contribution in [1.29, 1.82) is 0 Å². The number of likely N-dealkylation sites (N-methyl/N-ethyl adjacent to an activating group) is 1. The van der Waals surface area contributed by atoms with Crippen LogP contribution in [0.15, 0.2) is 27.6 Å². The Kier molecular flexibility index (Phi) is 5.97. The summed E-state index contributed by atoms with van der Waals surface area (Å²) < 4.78 is 26.1. The summed E-state index contributed by atoms with van der Waals surface area (Å²) >= 11 is 3.19. The molecule has 20 heavy (non-hydrogen) atoms. The van der Waals surface area contributed by atoms with Crippen molar-refractivity contribution in [2.45, 2.75) is 18.2 Å². The average Bonchev–Trinajstić information content (AvgIpc) is 2.39. The molecule has 8 heteroatoms. The fourth-order valence-electron chi connectivity index (χ4n) is 1.46. The van der Waals surface area contributed by atoms with E-state index in [1.54, 1.807) is 0 Å². The molecule has 0 aliphatic rings. The van der Waals surface area contributed by atoms with Gasteiger partial charge >= 0.3 is 0 Å². The van der Waals surface area contributed by atoms with E-state index >= 15 is 0 Å². The van der Waals surface area contributed by atoms with Gasteiger partial charge in [-0.05, 0) is 40.5 Å². The smallest absolute Gasteiger partial charge is 0.243 e. The normalized spacial score (nSPS) is 11.6. The summed E-state index contributed by atoms with van der Waals surface area (Å²) in [6.45, 7) is 2.23. The number of halogens is 1. The minimum Gasteiger partial charge on any atom is -0.398 e. The minimum atomic E-state index is -3.71. The van der Waals surface area contributed by atoms with Gasteiger partial charge in [0.25, 0.3) is 0 Å². The number of sulfonamides is 1. The summed E-state index contributed by atoms with van der Waals surface area (Å²) in [4.78, 5) is 11.7. The molecule has 0 radical (unpaired) electrons. The molecule has 6 nitrogen and oxygen atoms in total.